The normalized spacial score (nSPS) is 18.9. The van der Waals surface area contributed by atoms with Gasteiger partial charge in [0.2, 0.25) is 6.23 Å². The molecule has 13 nitrogen and oxygen atoms in total. The summed E-state index contributed by atoms with van der Waals surface area (Å²) in [4.78, 5) is 26.3. The Hall–Kier alpha value is -4.68. The number of aromatic amines is 1. The highest BCUT2D eigenvalue weighted by Gasteiger charge is 2.71. The van der Waals surface area contributed by atoms with E-state index in [-0.39, 0.29) is 27.0 Å². The molecule has 0 aliphatic carbocycles. The van der Waals surface area contributed by atoms with Gasteiger partial charge in [0.05, 0.1) is 7.11 Å². The molecule has 0 spiro atoms. The van der Waals surface area contributed by atoms with Crippen LogP contribution in [0.4, 0.5) is 35.1 Å². The lowest BCUT2D eigenvalue weighted by Crippen LogP contribution is -2.58. The van der Waals surface area contributed by atoms with Crippen LogP contribution in [0.2, 0.25) is 0 Å². The minimum atomic E-state index is -6.81. The molecule has 1 aromatic heterocycles. The number of ether oxygens (including phenoxy) is 3. The van der Waals surface area contributed by atoms with Crippen LogP contribution in [0, 0.1) is 0 Å². The highest BCUT2D eigenvalue weighted by molar-refractivity contribution is 7.87. The Morgan fingerprint density at radius 2 is 1.18 bits per heavy atom. The summed E-state index contributed by atoms with van der Waals surface area (Å²) in [5.74, 6) is -4.67. The quantitative estimate of drug-likeness (QED) is 0.0868. The third-order valence-electron chi connectivity index (χ3n) is 8.24. The van der Waals surface area contributed by atoms with Crippen LogP contribution in [0.3, 0.4) is 0 Å². The molecule has 1 fully saturated rings. The summed E-state index contributed by atoms with van der Waals surface area (Å²) >= 11 is 0. The second-order valence-electron chi connectivity index (χ2n) is 11.7. The van der Waals surface area contributed by atoms with E-state index in [0.717, 1.165) is 0 Å². The van der Waals surface area contributed by atoms with Crippen molar-refractivity contribution in [2.24, 2.45) is 0 Å². The van der Waals surface area contributed by atoms with E-state index in [0.29, 0.717) is 12.3 Å². The van der Waals surface area contributed by atoms with Crippen LogP contribution in [-0.4, -0.2) is 75.4 Å². The zero-order valence-electron chi connectivity index (χ0n) is 27.6. The molecule has 3 aromatic carbocycles. The van der Waals surface area contributed by atoms with Crippen molar-refractivity contribution in [3.63, 3.8) is 0 Å². The summed E-state index contributed by atoms with van der Waals surface area (Å²) in [6, 6.07) is 19.8. The first-order valence-electron chi connectivity index (χ1n) is 15.2. The van der Waals surface area contributed by atoms with Crippen molar-refractivity contribution in [3.05, 3.63) is 135 Å². The number of rotatable bonds is 13. The Kier molecular flexibility index (Phi) is 11.1. The van der Waals surface area contributed by atoms with Crippen molar-refractivity contribution in [2.45, 2.75) is 40.5 Å². The van der Waals surface area contributed by atoms with Crippen LogP contribution < -0.4 is 16.0 Å². The Bertz CT molecular complexity index is 2230. The fraction of sp³-hybridized carbons (Fsp3) is 0.312. The van der Waals surface area contributed by atoms with Crippen LogP contribution in [0.25, 0.3) is 0 Å². The average Bonchev–Trinajstić information content (AvgIpc) is 3.34. The highest BCUT2D eigenvalue weighted by atomic mass is 32.2. The minimum Gasteiger partial charge on any atom is -0.497 e. The molecule has 55 heavy (non-hydrogen) atoms. The summed E-state index contributed by atoms with van der Waals surface area (Å²) in [5, 5.41) is 0. The van der Waals surface area contributed by atoms with Crippen LogP contribution >= 0.6 is 0 Å². The third kappa shape index (κ3) is 7.89. The van der Waals surface area contributed by atoms with E-state index in [1.54, 1.807) is 4.98 Å². The van der Waals surface area contributed by atoms with E-state index in [1.807, 2.05) is 0 Å². The molecule has 298 valence electrons. The molecule has 23 heteroatoms. The van der Waals surface area contributed by atoms with Crippen molar-refractivity contribution < 1.29 is 74.5 Å². The van der Waals surface area contributed by atoms with Crippen LogP contribution in [0.1, 0.15) is 22.9 Å². The van der Waals surface area contributed by atoms with Gasteiger partial charge in [0.1, 0.15) is 24.6 Å². The van der Waals surface area contributed by atoms with Gasteiger partial charge in [0, 0.05) is 12.3 Å². The number of aromatic nitrogens is 2. The topological polar surface area (TPSA) is 169 Å². The lowest BCUT2D eigenvalue weighted by atomic mass is 9.79. The average molecular weight is 831 g/mol. The molecule has 0 saturated carbocycles. The Labute approximate surface area is 305 Å². The van der Waals surface area contributed by atoms with E-state index in [1.165, 1.54) is 92.0 Å². The molecule has 5 rings (SSSR count). The summed E-state index contributed by atoms with van der Waals surface area (Å²) in [6.45, 7) is -4.70. The maximum Gasteiger partial charge on any atom is 0.523 e. The van der Waals surface area contributed by atoms with Crippen molar-refractivity contribution >= 4 is 20.2 Å². The molecule has 1 aliphatic rings. The number of halogens is 8. The molecule has 0 unspecified atom stereocenters. The largest absolute Gasteiger partial charge is 0.523 e. The SMILES string of the molecule is COc1ccc(C(O[C@@H]2C(COS(=O)(=O)C(F)(F)F)(COS(=O)(=O)C(F)(F)F)O[C@@H](n3ccc(=O)[nH]c3=O)C2(F)F)(c2ccccc2)c2ccccc2)cc1. The van der Waals surface area contributed by atoms with Crippen molar-refractivity contribution in [2.75, 3.05) is 20.3 Å². The number of hydrogen-bond donors (Lipinski definition) is 1. The second-order valence-corrected chi connectivity index (χ2v) is 14.9. The molecule has 0 bridgehead atoms. The number of alkyl halides is 8. The maximum atomic E-state index is 17.3. The number of nitrogens with zero attached hydrogens (tertiary/aromatic N) is 1. The van der Waals surface area contributed by atoms with Gasteiger partial charge in [-0.1, -0.05) is 72.8 Å². The molecular weight excluding hydrogens is 804 g/mol. The first kappa shape index (κ1) is 41.5. The number of hydrogen-bond acceptors (Lipinski definition) is 11. The number of nitrogens with one attached hydrogen (secondary N) is 1. The molecule has 1 N–H and O–H groups in total. The predicted octanol–water partition coefficient (Wildman–Crippen LogP) is 4.56. The first-order valence-corrected chi connectivity index (χ1v) is 18.0. The number of H-pyrrole nitrogens is 1. The van der Waals surface area contributed by atoms with Crippen molar-refractivity contribution in [3.8, 4) is 5.75 Å². The highest BCUT2D eigenvalue weighted by Crippen LogP contribution is 2.54. The standard InChI is InChI=1S/C32H26F8N2O11S2/c1-49-23-14-12-22(13-15-23)29(20-8-4-2-5-9-20,21-10-6-3-7-11-21)52-25-28(18-50-54(45,46)31(35,36)37,19-51-55(47,48)32(38,39)40)53-26(30(25,33)34)42-17-16-24(43)41-27(42)44/h2-17,25-26H,18-19H2,1H3,(H,41,43,44)/t25-,26-/m1/s1. The van der Waals surface area contributed by atoms with Crippen molar-refractivity contribution in [1.29, 1.82) is 0 Å². The van der Waals surface area contributed by atoms with E-state index in [9.17, 15) is 52.8 Å². The van der Waals surface area contributed by atoms with Crippen LogP contribution in [-0.2, 0) is 43.7 Å². The number of methoxy groups -OCH3 is 1. The molecule has 4 aromatic rings. The lowest BCUT2D eigenvalue weighted by molar-refractivity contribution is -0.196. The van der Waals surface area contributed by atoms with Gasteiger partial charge in [-0.15, -0.1) is 0 Å². The number of benzene rings is 3. The Morgan fingerprint density at radius 1 is 0.727 bits per heavy atom. The van der Waals surface area contributed by atoms with Gasteiger partial charge >= 0.3 is 42.9 Å². The van der Waals surface area contributed by atoms with Gasteiger partial charge < -0.3 is 14.2 Å². The minimum absolute atomic E-state index is 0.0339. The van der Waals surface area contributed by atoms with E-state index >= 15 is 8.78 Å². The van der Waals surface area contributed by atoms with E-state index < -0.39 is 85.2 Å². The Morgan fingerprint density at radius 3 is 1.60 bits per heavy atom. The molecular formula is C32H26F8N2O11S2. The van der Waals surface area contributed by atoms with Gasteiger partial charge in [-0.3, -0.25) is 22.7 Å². The van der Waals surface area contributed by atoms with Gasteiger partial charge in [0.15, 0.2) is 11.7 Å². The molecule has 2 heterocycles. The maximum absolute atomic E-state index is 17.3. The summed E-state index contributed by atoms with van der Waals surface area (Å²) in [7, 11) is -12.3. The summed E-state index contributed by atoms with van der Waals surface area (Å²) in [6.07, 6.45) is -6.16. The fourth-order valence-electron chi connectivity index (χ4n) is 5.68. The predicted molar refractivity (Wildman–Crippen MR) is 172 cm³/mol. The lowest BCUT2D eigenvalue weighted by Gasteiger charge is -2.43. The third-order valence-corrected chi connectivity index (χ3v) is 10.2. The molecule has 2 atom stereocenters. The smallest absolute Gasteiger partial charge is 0.497 e. The molecule has 0 radical (unpaired) electrons. The van der Waals surface area contributed by atoms with Gasteiger partial charge in [-0.2, -0.15) is 52.0 Å². The van der Waals surface area contributed by atoms with E-state index in [2.05, 4.69) is 8.37 Å². The summed E-state index contributed by atoms with van der Waals surface area (Å²) in [5.41, 5.74) is -21.7. The monoisotopic (exact) mass is 830 g/mol. The van der Waals surface area contributed by atoms with Crippen LogP contribution in [0.5, 0.6) is 5.75 Å². The van der Waals surface area contributed by atoms with Gasteiger partial charge in [-0.05, 0) is 28.8 Å². The first-order chi connectivity index (χ1) is 25.5. The molecule has 1 aliphatic heterocycles. The van der Waals surface area contributed by atoms with Crippen LogP contribution in [0.15, 0.2) is 107 Å². The molecule has 1 saturated heterocycles. The fourth-order valence-corrected chi connectivity index (χ4v) is 6.66. The van der Waals surface area contributed by atoms with Gasteiger partial charge in [-0.25, -0.2) is 4.79 Å². The molecule has 0 amide bonds. The van der Waals surface area contributed by atoms with E-state index in [4.69, 9.17) is 14.2 Å². The summed E-state index contributed by atoms with van der Waals surface area (Å²) < 4.78 is 189. The Balaban J connectivity index is 1.86. The van der Waals surface area contributed by atoms with Gasteiger partial charge in [0.25, 0.3) is 5.56 Å². The van der Waals surface area contributed by atoms with Crippen molar-refractivity contribution in [1.82, 2.24) is 9.55 Å². The second kappa shape index (κ2) is 14.8. The zero-order chi connectivity index (χ0) is 40.7. The zero-order valence-corrected chi connectivity index (χ0v) is 29.2.